The molecule has 0 spiro atoms. The number of rotatable bonds is 1. The molecule has 3 rings (SSSR count). The largest absolute Gasteiger partial charge is 0.416 e. The second-order valence-corrected chi connectivity index (χ2v) is 7.96. The van der Waals surface area contributed by atoms with E-state index < -0.39 is 39.2 Å². The molecule has 4 nitrogen and oxygen atoms in total. The Morgan fingerprint density at radius 3 is 1.96 bits per heavy atom. The standard InChI is InChI=1S/C15H7BrF6N2O2S/c16-9-1-2-11-12(6-9)27(25,26)24-13(11)23-10-4-7(14(17,18)19)3-8(5-10)15(20,21)22/h1-6H,(H,23,24). The molecule has 0 bridgehead atoms. The van der Waals surface area contributed by atoms with Crippen molar-refractivity contribution in [3.05, 3.63) is 57.6 Å². The van der Waals surface area contributed by atoms with Gasteiger partial charge in [0.25, 0.3) is 10.0 Å². The molecule has 0 unspecified atom stereocenters. The number of hydrogen-bond donors (Lipinski definition) is 1. The van der Waals surface area contributed by atoms with Crippen molar-refractivity contribution in [1.29, 1.82) is 0 Å². The van der Waals surface area contributed by atoms with Crippen molar-refractivity contribution in [3.63, 3.8) is 0 Å². The summed E-state index contributed by atoms with van der Waals surface area (Å²) in [4.78, 5) is -0.220. The lowest BCUT2D eigenvalue weighted by Gasteiger charge is -2.15. The molecule has 0 aliphatic carbocycles. The van der Waals surface area contributed by atoms with E-state index in [1.54, 1.807) is 0 Å². The fourth-order valence-electron chi connectivity index (χ4n) is 2.38. The molecule has 0 amide bonds. The molecule has 12 heteroatoms. The summed E-state index contributed by atoms with van der Waals surface area (Å²) in [6.07, 6.45) is -10.0. The van der Waals surface area contributed by atoms with Gasteiger partial charge in [-0.3, -0.25) is 0 Å². The zero-order valence-electron chi connectivity index (χ0n) is 12.8. The average molecular weight is 473 g/mol. The van der Waals surface area contributed by atoms with Crippen LogP contribution in [0.15, 0.2) is 50.2 Å². The van der Waals surface area contributed by atoms with Gasteiger partial charge in [0.15, 0.2) is 5.84 Å². The summed E-state index contributed by atoms with van der Waals surface area (Å²) in [5.41, 5.74) is -3.62. The highest BCUT2D eigenvalue weighted by Gasteiger charge is 2.37. The topological polar surface area (TPSA) is 58.5 Å². The third-order valence-corrected chi connectivity index (χ3v) is 5.35. The molecule has 1 N–H and O–H groups in total. The number of fused-ring (bicyclic) bond motifs is 1. The van der Waals surface area contributed by atoms with Crippen LogP contribution < -0.4 is 5.32 Å². The van der Waals surface area contributed by atoms with E-state index >= 15 is 0 Å². The van der Waals surface area contributed by atoms with Crippen LogP contribution in [-0.2, 0) is 22.4 Å². The molecule has 2 aromatic rings. The first-order chi connectivity index (χ1) is 12.3. The quantitative estimate of drug-likeness (QED) is 0.591. The van der Waals surface area contributed by atoms with E-state index in [0.29, 0.717) is 16.6 Å². The normalized spacial score (nSPS) is 16.0. The molecular formula is C15H7BrF6N2O2S. The van der Waals surface area contributed by atoms with Gasteiger partial charge >= 0.3 is 12.4 Å². The van der Waals surface area contributed by atoms with Gasteiger partial charge in [-0.1, -0.05) is 15.9 Å². The van der Waals surface area contributed by atoms with Gasteiger partial charge in [-0.25, -0.2) is 0 Å². The van der Waals surface area contributed by atoms with Crippen LogP contribution >= 0.6 is 15.9 Å². The first-order valence-corrected chi connectivity index (χ1v) is 9.22. The zero-order chi connectivity index (χ0) is 20.2. The first kappa shape index (κ1) is 19.7. The van der Waals surface area contributed by atoms with Crippen molar-refractivity contribution in [2.75, 3.05) is 5.32 Å². The molecule has 2 aromatic carbocycles. The summed E-state index contributed by atoms with van der Waals surface area (Å²) in [6, 6.07) is 4.89. The number of sulfonamides is 1. The molecule has 0 fully saturated rings. The Hall–Kier alpha value is -2.08. The van der Waals surface area contributed by atoms with Crippen molar-refractivity contribution in [1.82, 2.24) is 0 Å². The van der Waals surface area contributed by atoms with Crippen LogP contribution in [0.1, 0.15) is 16.7 Å². The minimum absolute atomic E-state index is 0.0244. The zero-order valence-corrected chi connectivity index (χ0v) is 15.2. The van der Waals surface area contributed by atoms with Crippen LogP contribution in [0.5, 0.6) is 0 Å². The Kier molecular flexibility index (Phi) is 4.54. The van der Waals surface area contributed by atoms with Crippen molar-refractivity contribution in [2.24, 2.45) is 4.40 Å². The molecule has 0 atom stereocenters. The number of nitrogens with one attached hydrogen (secondary N) is 1. The smallest absolute Gasteiger partial charge is 0.339 e. The van der Waals surface area contributed by atoms with Crippen LogP contribution in [-0.4, -0.2) is 14.3 Å². The molecule has 0 radical (unpaired) electrons. The van der Waals surface area contributed by atoms with Crippen LogP contribution in [0.2, 0.25) is 0 Å². The Morgan fingerprint density at radius 2 is 1.44 bits per heavy atom. The fraction of sp³-hybridized carbons (Fsp3) is 0.133. The molecule has 0 saturated heterocycles. The van der Waals surface area contributed by atoms with Crippen LogP contribution in [0.3, 0.4) is 0 Å². The lowest BCUT2D eigenvalue weighted by Crippen LogP contribution is -2.15. The van der Waals surface area contributed by atoms with Crippen molar-refractivity contribution < 1.29 is 34.8 Å². The summed E-state index contributed by atoms with van der Waals surface area (Å²) < 4.78 is 105. The highest BCUT2D eigenvalue weighted by Crippen LogP contribution is 2.38. The second kappa shape index (κ2) is 6.23. The maximum atomic E-state index is 12.9. The van der Waals surface area contributed by atoms with Crippen LogP contribution in [0.25, 0.3) is 0 Å². The maximum Gasteiger partial charge on any atom is 0.416 e. The molecule has 1 aliphatic rings. The number of anilines is 1. The molecular weight excluding hydrogens is 466 g/mol. The summed E-state index contributed by atoms with van der Waals surface area (Å²) in [5, 5.41) is 2.25. The number of amidine groups is 1. The van der Waals surface area contributed by atoms with E-state index in [9.17, 15) is 34.8 Å². The van der Waals surface area contributed by atoms with E-state index in [4.69, 9.17) is 0 Å². The fourth-order valence-corrected chi connectivity index (χ4v) is 4.09. The minimum atomic E-state index is -5.02. The maximum absolute atomic E-state index is 12.9. The van der Waals surface area contributed by atoms with Gasteiger partial charge in [-0.05, 0) is 36.4 Å². The summed E-state index contributed by atoms with van der Waals surface area (Å²) in [5.74, 6) is -0.370. The van der Waals surface area contributed by atoms with Crippen molar-refractivity contribution in [3.8, 4) is 0 Å². The van der Waals surface area contributed by atoms with Gasteiger partial charge in [0.1, 0.15) is 4.90 Å². The highest BCUT2D eigenvalue weighted by molar-refractivity contribution is 9.10. The number of benzene rings is 2. The number of halogens is 7. The minimum Gasteiger partial charge on any atom is -0.339 e. The summed E-state index contributed by atoms with van der Waals surface area (Å²) in [7, 11) is -4.12. The predicted octanol–water partition coefficient (Wildman–Crippen LogP) is 5.05. The Balaban J connectivity index is 2.09. The van der Waals surface area contributed by atoms with Gasteiger partial charge in [-0.2, -0.15) is 34.8 Å². The third kappa shape index (κ3) is 3.95. The van der Waals surface area contributed by atoms with Crippen LogP contribution in [0, 0.1) is 0 Å². The van der Waals surface area contributed by atoms with Crippen molar-refractivity contribution in [2.45, 2.75) is 17.2 Å². The van der Waals surface area contributed by atoms with E-state index in [1.165, 1.54) is 18.2 Å². The molecule has 1 aliphatic heterocycles. The average Bonchev–Trinajstić information content (AvgIpc) is 2.75. The number of alkyl halides is 6. The molecule has 1 heterocycles. The van der Waals surface area contributed by atoms with E-state index in [-0.39, 0.29) is 22.4 Å². The van der Waals surface area contributed by atoms with Gasteiger partial charge in [0.2, 0.25) is 0 Å². The SMILES string of the molecule is O=S1(=O)N=C(Nc2cc(C(F)(F)F)cc(C(F)(F)F)c2)c2ccc(Br)cc21. The van der Waals surface area contributed by atoms with Crippen LogP contribution in [0.4, 0.5) is 32.0 Å². The number of nitrogens with zero attached hydrogens (tertiary/aromatic N) is 1. The Morgan fingerprint density at radius 1 is 0.889 bits per heavy atom. The second-order valence-electron chi connectivity index (χ2n) is 5.47. The van der Waals surface area contributed by atoms with Crippen molar-refractivity contribution >= 4 is 37.5 Å². The lowest BCUT2D eigenvalue weighted by molar-refractivity contribution is -0.143. The van der Waals surface area contributed by atoms with E-state index in [1.807, 2.05) is 0 Å². The van der Waals surface area contributed by atoms with Gasteiger partial charge in [0.05, 0.1) is 11.1 Å². The summed E-state index contributed by atoms with van der Waals surface area (Å²) >= 11 is 3.08. The Labute approximate surface area is 157 Å². The molecule has 144 valence electrons. The lowest BCUT2D eigenvalue weighted by atomic mass is 10.1. The first-order valence-electron chi connectivity index (χ1n) is 6.99. The van der Waals surface area contributed by atoms with Gasteiger partial charge in [-0.15, -0.1) is 4.40 Å². The molecule has 27 heavy (non-hydrogen) atoms. The predicted molar refractivity (Wildman–Crippen MR) is 87.9 cm³/mol. The Bertz CT molecular complexity index is 1030. The number of hydrogen-bond acceptors (Lipinski definition) is 3. The van der Waals surface area contributed by atoms with Gasteiger partial charge in [0, 0.05) is 15.7 Å². The van der Waals surface area contributed by atoms with Gasteiger partial charge < -0.3 is 5.32 Å². The highest BCUT2D eigenvalue weighted by atomic mass is 79.9. The monoisotopic (exact) mass is 472 g/mol. The molecule has 0 saturated carbocycles. The van der Waals surface area contributed by atoms with E-state index in [0.717, 1.165) is 0 Å². The summed E-state index contributed by atoms with van der Waals surface area (Å²) in [6.45, 7) is 0. The van der Waals surface area contributed by atoms with E-state index in [2.05, 4.69) is 25.6 Å². The molecule has 0 aromatic heterocycles. The third-order valence-electron chi connectivity index (χ3n) is 3.54.